The van der Waals surface area contributed by atoms with Crippen LogP contribution in [0.15, 0.2) is 158 Å². The van der Waals surface area contributed by atoms with Crippen LogP contribution in [0.25, 0.3) is 61.4 Å². The van der Waals surface area contributed by atoms with E-state index in [4.69, 9.17) is 9.97 Å². The Morgan fingerprint density at radius 2 is 1.07 bits per heavy atom. The number of fused-ring (bicyclic) bond motifs is 3. The third-order valence-electron chi connectivity index (χ3n) is 8.62. The van der Waals surface area contributed by atoms with Gasteiger partial charge in [0.1, 0.15) is 0 Å². The van der Waals surface area contributed by atoms with E-state index in [0.717, 1.165) is 40.0 Å². The van der Waals surface area contributed by atoms with Crippen LogP contribution in [0.3, 0.4) is 0 Å². The number of nitrogens with zero attached hydrogens (tertiary/aromatic N) is 3. The predicted molar refractivity (Wildman–Crippen MR) is 187 cm³/mol. The Bertz CT molecular complexity index is 2230. The number of benzene rings is 6. The number of hydrogen-bond donors (Lipinski definition) is 0. The minimum absolute atomic E-state index is 0.661. The number of para-hydroxylation sites is 1. The first-order chi connectivity index (χ1) is 22.2. The largest absolute Gasteiger partial charge is 0.278 e. The summed E-state index contributed by atoms with van der Waals surface area (Å²) in [6.45, 7) is 2.22. The highest BCUT2D eigenvalue weighted by molar-refractivity contribution is 6.10. The molecule has 2 aromatic heterocycles. The average Bonchev–Trinajstić information content (AvgIpc) is 3.42. The van der Waals surface area contributed by atoms with Crippen LogP contribution >= 0.6 is 0 Å². The van der Waals surface area contributed by atoms with Crippen molar-refractivity contribution in [2.45, 2.75) is 13.3 Å². The van der Waals surface area contributed by atoms with Gasteiger partial charge in [0.05, 0.1) is 22.4 Å². The second kappa shape index (κ2) is 11.4. The van der Waals surface area contributed by atoms with E-state index in [1.54, 1.807) is 0 Å². The van der Waals surface area contributed by atoms with Crippen molar-refractivity contribution in [1.82, 2.24) is 14.5 Å². The van der Waals surface area contributed by atoms with Gasteiger partial charge < -0.3 is 0 Å². The summed E-state index contributed by atoms with van der Waals surface area (Å²) in [4.78, 5) is 10.4. The zero-order chi connectivity index (χ0) is 30.2. The van der Waals surface area contributed by atoms with Gasteiger partial charge in [-0.15, -0.1) is 0 Å². The van der Waals surface area contributed by atoms with Crippen LogP contribution in [0.2, 0.25) is 0 Å². The van der Waals surface area contributed by atoms with Gasteiger partial charge in [0, 0.05) is 21.9 Å². The first-order valence-corrected chi connectivity index (χ1v) is 15.4. The summed E-state index contributed by atoms with van der Waals surface area (Å²) >= 11 is 0. The third kappa shape index (κ3) is 4.99. The molecule has 0 amide bonds. The molecule has 0 unspecified atom stereocenters. The Balaban J connectivity index is 1.39. The average molecular weight is 578 g/mol. The van der Waals surface area contributed by atoms with E-state index in [2.05, 4.69) is 157 Å². The molecule has 0 fully saturated rings. The Labute approximate surface area is 263 Å². The predicted octanol–water partition coefficient (Wildman–Crippen LogP) is 10.5. The number of hydrogen-bond acceptors (Lipinski definition) is 2. The summed E-state index contributed by atoms with van der Waals surface area (Å²) in [5, 5.41) is 2.39. The fourth-order valence-electron chi connectivity index (χ4n) is 6.43. The van der Waals surface area contributed by atoms with Crippen LogP contribution in [0, 0.1) is 6.92 Å². The fourth-order valence-corrected chi connectivity index (χ4v) is 6.43. The molecule has 0 radical (unpaired) electrons. The molecule has 0 saturated carbocycles. The maximum atomic E-state index is 5.22. The molecule has 45 heavy (non-hydrogen) atoms. The van der Waals surface area contributed by atoms with E-state index in [1.807, 2.05) is 12.1 Å². The SMILES string of the molecule is Cc1cc2c3ccccc3n(-c3nc(-c4ccccc4)cc(-c4ccccc4)n3)c2cc1-c1ccccc1Cc1ccccc1. The molecule has 0 aliphatic rings. The quantitative estimate of drug-likeness (QED) is 0.197. The lowest BCUT2D eigenvalue weighted by molar-refractivity contribution is 0.995. The molecule has 0 spiro atoms. The smallest absolute Gasteiger partial charge is 0.235 e. The second-order valence-electron chi connectivity index (χ2n) is 11.5. The fraction of sp³-hybridized carbons (Fsp3) is 0.0476. The molecule has 8 rings (SSSR count). The molecule has 0 bridgehead atoms. The molecule has 2 heterocycles. The standard InChI is InChI=1S/C42H31N3/c1-29-25-37-35-23-13-14-24-40(35)45(41(37)27-36(29)34-22-12-11-21-33(34)26-30-15-5-2-6-16-30)42-43-38(31-17-7-3-8-18-31)28-39(44-42)32-19-9-4-10-20-32/h2-25,27-28H,26H2,1H3. The van der Waals surface area contributed by atoms with E-state index in [0.29, 0.717) is 5.95 Å². The highest BCUT2D eigenvalue weighted by Crippen LogP contribution is 2.38. The summed E-state index contributed by atoms with van der Waals surface area (Å²) in [5.74, 6) is 0.661. The maximum Gasteiger partial charge on any atom is 0.235 e. The van der Waals surface area contributed by atoms with Gasteiger partial charge in [0.25, 0.3) is 0 Å². The minimum Gasteiger partial charge on any atom is -0.278 e. The second-order valence-corrected chi connectivity index (χ2v) is 11.5. The first-order valence-electron chi connectivity index (χ1n) is 15.4. The normalized spacial score (nSPS) is 11.3. The monoisotopic (exact) mass is 577 g/mol. The molecule has 3 heteroatoms. The lowest BCUT2D eigenvalue weighted by atomic mass is 9.91. The van der Waals surface area contributed by atoms with Crippen LogP contribution in [0.4, 0.5) is 0 Å². The molecule has 0 aliphatic carbocycles. The van der Waals surface area contributed by atoms with Gasteiger partial charge >= 0.3 is 0 Å². The molecule has 6 aromatic carbocycles. The Morgan fingerprint density at radius 1 is 0.489 bits per heavy atom. The highest BCUT2D eigenvalue weighted by Gasteiger charge is 2.19. The van der Waals surface area contributed by atoms with Crippen molar-refractivity contribution in [3.8, 4) is 39.6 Å². The molecular formula is C42H31N3. The van der Waals surface area contributed by atoms with Crippen LogP contribution in [-0.4, -0.2) is 14.5 Å². The molecule has 214 valence electrons. The Hall–Kier alpha value is -5.80. The topological polar surface area (TPSA) is 30.7 Å². The Kier molecular flexibility index (Phi) is 6.77. The molecule has 0 N–H and O–H groups in total. The lowest BCUT2D eigenvalue weighted by Crippen LogP contribution is -2.04. The van der Waals surface area contributed by atoms with Crippen LogP contribution in [0.5, 0.6) is 0 Å². The maximum absolute atomic E-state index is 5.22. The van der Waals surface area contributed by atoms with Gasteiger partial charge in [-0.05, 0) is 65.4 Å². The zero-order valence-corrected chi connectivity index (χ0v) is 25.1. The van der Waals surface area contributed by atoms with Crippen molar-refractivity contribution in [3.63, 3.8) is 0 Å². The number of aromatic nitrogens is 3. The Morgan fingerprint density at radius 3 is 1.76 bits per heavy atom. The third-order valence-corrected chi connectivity index (χ3v) is 8.62. The summed E-state index contributed by atoms with van der Waals surface area (Å²) in [6.07, 6.45) is 0.875. The molecular weight excluding hydrogens is 546 g/mol. The highest BCUT2D eigenvalue weighted by atomic mass is 15.2. The van der Waals surface area contributed by atoms with Crippen LogP contribution in [-0.2, 0) is 6.42 Å². The van der Waals surface area contributed by atoms with E-state index >= 15 is 0 Å². The van der Waals surface area contributed by atoms with Crippen molar-refractivity contribution < 1.29 is 0 Å². The lowest BCUT2D eigenvalue weighted by Gasteiger charge is -2.15. The molecule has 0 atom stereocenters. The van der Waals surface area contributed by atoms with Gasteiger partial charge in [0.2, 0.25) is 5.95 Å². The first kappa shape index (κ1) is 26.8. The van der Waals surface area contributed by atoms with Crippen LogP contribution < -0.4 is 0 Å². The van der Waals surface area contributed by atoms with Crippen molar-refractivity contribution in [3.05, 3.63) is 174 Å². The minimum atomic E-state index is 0.661. The van der Waals surface area contributed by atoms with Crippen molar-refractivity contribution in [2.24, 2.45) is 0 Å². The number of aryl methyl sites for hydroxylation is 1. The van der Waals surface area contributed by atoms with Crippen LogP contribution in [0.1, 0.15) is 16.7 Å². The summed E-state index contributed by atoms with van der Waals surface area (Å²) in [6, 6.07) is 55.6. The van der Waals surface area contributed by atoms with Gasteiger partial charge in [-0.3, -0.25) is 4.57 Å². The van der Waals surface area contributed by atoms with Crippen molar-refractivity contribution >= 4 is 21.8 Å². The number of rotatable bonds is 6. The van der Waals surface area contributed by atoms with E-state index in [-0.39, 0.29) is 0 Å². The van der Waals surface area contributed by atoms with Crippen molar-refractivity contribution in [1.29, 1.82) is 0 Å². The van der Waals surface area contributed by atoms with E-state index in [1.165, 1.54) is 38.6 Å². The molecule has 3 nitrogen and oxygen atoms in total. The zero-order valence-electron chi connectivity index (χ0n) is 25.1. The van der Waals surface area contributed by atoms with Gasteiger partial charge in [-0.25, -0.2) is 9.97 Å². The van der Waals surface area contributed by atoms with Gasteiger partial charge in [0.15, 0.2) is 0 Å². The summed E-state index contributed by atoms with van der Waals surface area (Å²) in [5.41, 5.74) is 12.4. The molecule has 0 saturated heterocycles. The molecule has 8 aromatic rings. The molecule has 0 aliphatic heterocycles. The summed E-state index contributed by atoms with van der Waals surface area (Å²) in [7, 11) is 0. The van der Waals surface area contributed by atoms with Gasteiger partial charge in [-0.1, -0.05) is 133 Å². The van der Waals surface area contributed by atoms with E-state index in [9.17, 15) is 0 Å². The van der Waals surface area contributed by atoms with E-state index < -0.39 is 0 Å². The van der Waals surface area contributed by atoms with Gasteiger partial charge in [-0.2, -0.15) is 0 Å². The van der Waals surface area contributed by atoms with Crippen molar-refractivity contribution in [2.75, 3.05) is 0 Å². The summed E-state index contributed by atoms with van der Waals surface area (Å²) < 4.78 is 2.24.